The molecule has 0 bridgehead atoms. The van der Waals surface area contributed by atoms with Gasteiger partial charge in [0.05, 0.1) is 10.5 Å². The number of anilines is 1. The number of aromatic nitrogens is 1. The van der Waals surface area contributed by atoms with Crippen molar-refractivity contribution in [1.29, 1.82) is 5.26 Å². The molecule has 0 aliphatic carbocycles. The van der Waals surface area contributed by atoms with E-state index in [-0.39, 0.29) is 0 Å². The maximum absolute atomic E-state index is 12.7. The zero-order valence-corrected chi connectivity index (χ0v) is 15.1. The lowest BCUT2D eigenvalue weighted by atomic mass is 10.1. The molecule has 0 amide bonds. The summed E-state index contributed by atoms with van der Waals surface area (Å²) in [5.74, 6) is 0.650. The van der Waals surface area contributed by atoms with Gasteiger partial charge in [0.25, 0.3) is 0 Å². The third-order valence-electron chi connectivity index (χ3n) is 4.36. The molecule has 3 rings (SSSR count). The summed E-state index contributed by atoms with van der Waals surface area (Å²) in [5.41, 5.74) is 2.31. The minimum Gasteiger partial charge on any atom is -0.353 e. The van der Waals surface area contributed by atoms with Crippen LogP contribution < -0.4 is 4.90 Å². The standard InChI is InChI=1S/C18H20N4O2S/c1-14-12-15(2)20-18(17(14)13-19)21-8-10-22(11-9-21)25(23,24)16-6-4-3-5-7-16/h3-7,12H,8-11H2,1-2H3. The first-order valence-corrected chi connectivity index (χ1v) is 9.56. The van der Waals surface area contributed by atoms with E-state index in [4.69, 9.17) is 0 Å². The van der Waals surface area contributed by atoms with Gasteiger partial charge in [0.2, 0.25) is 10.0 Å². The maximum atomic E-state index is 12.7. The zero-order chi connectivity index (χ0) is 18.0. The van der Waals surface area contributed by atoms with Gasteiger partial charge in [-0.15, -0.1) is 0 Å². The number of benzene rings is 1. The third-order valence-corrected chi connectivity index (χ3v) is 6.27. The molecule has 1 aromatic carbocycles. The van der Waals surface area contributed by atoms with E-state index in [2.05, 4.69) is 11.1 Å². The van der Waals surface area contributed by atoms with Crippen LogP contribution in [0, 0.1) is 25.2 Å². The highest BCUT2D eigenvalue weighted by Gasteiger charge is 2.29. The Hall–Kier alpha value is -2.43. The Balaban J connectivity index is 1.81. The summed E-state index contributed by atoms with van der Waals surface area (Å²) in [6.45, 7) is 5.56. The van der Waals surface area contributed by atoms with Gasteiger partial charge in [-0.05, 0) is 37.6 Å². The van der Waals surface area contributed by atoms with E-state index in [1.165, 1.54) is 4.31 Å². The highest BCUT2D eigenvalue weighted by Crippen LogP contribution is 2.24. The molecule has 0 spiro atoms. The van der Waals surface area contributed by atoms with Gasteiger partial charge in [-0.25, -0.2) is 13.4 Å². The third kappa shape index (κ3) is 3.36. The molecule has 7 heteroatoms. The second-order valence-corrected chi connectivity index (χ2v) is 8.03. The summed E-state index contributed by atoms with van der Waals surface area (Å²) in [5, 5.41) is 9.43. The predicted molar refractivity (Wildman–Crippen MR) is 95.8 cm³/mol. The van der Waals surface area contributed by atoms with Crippen LogP contribution in [0.3, 0.4) is 0 Å². The molecule has 1 fully saturated rings. The fraction of sp³-hybridized carbons (Fsp3) is 0.333. The van der Waals surface area contributed by atoms with Crippen LogP contribution in [0.4, 0.5) is 5.82 Å². The van der Waals surface area contributed by atoms with Crippen molar-refractivity contribution in [3.8, 4) is 6.07 Å². The lowest BCUT2D eigenvalue weighted by molar-refractivity contribution is 0.383. The van der Waals surface area contributed by atoms with Crippen molar-refractivity contribution in [1.82, 2.24) is 9.29 Å². The molecule has 0 atom stereocenters. The largest absolute Gasteiger partial charge is 0.353 e. The van der Waals surface area contributed by atoms with Crippen LogP contribution in [0.15, 0.2) is 41.3 Å². The molecule has 25 heavy (non-hydrogen) atoms. The second-order valence-electron chi connectivity index (χ2n) is 6.10. The van der Waals surface area contributed by atoms with Crippen molar-refractivity contribution in [3.05, 3.63) is 53.2 Å². The van der Waals surface area contributed by atoms with Crippen LogP contribution in [0.1, 0.15) is 16.8 Å². The molecule has 6 nitrogen and oxygen atoms in total. The minimum atomic E-state index is -3.48. The summed E-state index contributed by atoms with van der Waals surface area (Å²) >= 11 is 0. The minimum absolute atomic E-state index is 0.311. The predicted octanol–water partition coefficient (Wildman–Crippen LogP) is 2.08. The first-order valence-electron chi connectivity index (χ1n) is 8.12. The van der Waals surface area contributed by atoms with Crippen LogP contribution in [0.5, 0.6) is 0 Å². The highest BCUT2D eigenvalue weighted by atomic mass is 32.2. The number of aryl methyl sites for hydroxylation is 2. The quantitative estimate of drug-likeness (QED) is 0.841. The van der Waals surface area contributed by atoms with Crippen molar-refractivity contribution < 1.29 is 8.42 Å². The smallest absolute Gasteiger partial charge is 0.243 e. The van der Waals surface area contributed by atoms with Crippen LogP contribution >= 0.6 is 0 Å². The van der Waals surface area contributed by atoms with Gasteiger partial charge in [0.15, 0.2) is 0 Å². The summed E-state index contributed by atoms with van der Waals surface area (Å²) in [6.07, 6.45) is 0. The highest BCUT2D eigenvalue weighted by molar-refractivity contribution is 7.89. The van der Waals surface area contributed by atoms with E-state index in [1.807, 2.05) is 24.8 Å². The molecular weight excluding hydrogens is 336 g/mol. The first-order chi connectivity index (χ1) is 11.9. The van der Waals surface area contributed by atoms with Crippen molar-refractivity contribution in [2.45, 2.75) is 18.7 Å². The number of nitriles is 1. The Morgan fingerprint density at radius 3 is 2.32 bits per heavy atom. The lowest BCUT2D eigenvalue weighted by Crippen LogP contribution is -2.49. The number of rotatable bonds is 3. The molecule has 0 N–H and O–H groups in total. The molecule has 0 unspecified atom stereocenters. The van der Waals surface area contributed by atoms with Crippen molar-refractivity contribution in [3.63, 3.8) is 0 Å². The molecule has 0 saturated carbocycles. The van der Waals surface area contributed by atoms with E-state index in [9.17, 15) is 13.7 Å². The molecule has 1 aliphatic heterocycles. The lowest BCUT2D eigenvalue weighted by Gasteiger charge is -2.35. The maximum Gasteiger partial charge on any atom is 0.243 e. The molecule has 1 aromatic heterocycles. The summed E-state index contributed by atoms with van der Waals surface area (Å²) < 4.78 is 26.9. The van der Waals surface area contributed by atoms with E-state index < -0.39 is 10.0 Å². The molecule has 2 aromatic rings. The molecular formula is C18H20N4O2S. The van der Waals surface area contributed by atoms with Gasteiger partial charge in [0.1, 0.15) is 11.9 Å². The van der Waals surface area contributed by atoms with Crippen LogP contribution in [0.25, 0.3) is 0 Å². The van der Waals surface area contributed by atoms with Gasteiger partial charge < -0.3 is 4.90 Å². The fourth-order valence-electron chi connectivity index (χ4n) is 3.07. The van der Waals surface area contributed by atoms with Crippen LogP contribution in [0.2, 0.25) is 0 Å². The number of hydrogen-bond acceptors (Lipinski definition) is 5. The topological polar surface area (TPSA) is 77.3 Å². The Bertz CT molecular complexity index is 912. The SMILES string of the molecule is Cc1cc(C)c(C#N)c(N2CCN(S(=O)(=O)c3ccccc3)CC2)n1. The molecule has 130 valence electrons. The Morgan fingerprint density at radius 2 is 1.72 bits per heavy atom. The van der Waals surface area contributed by atoms with Gasteiger partial charge in [-0.3, -0.25) is 0 Å². The molecule has 2 heterocycles. The van der Waals surface area contributed by atoms with Gasteiger partial charge >= 0.3 is 0 Å². The van der Waals surface area contributed by atoms with E-state index in [0.29, 0.717) is 42.5 Å². The average molecular weight is 356 g/mol. The molecule has 0 radical (unpaired) electrons. The van der Waals surface area contributed by atoms with E-state index in [0.717, 1.165) is 11.3 Å². The van der Waals surface area contributed by atoms with Crippen molar-refractivity contribution >= 4 is 15.8 Å². The molecule has 1 saturated heterocycles. The van der Waals surface area contributed by atoms with Gasteiger partial charge in [-0.1, -0.05) is 18.2 Å². The molecule has 1 aliphatic rings. The Morgan fingerprint density at radius 1 is 1.08 bits per heavy atom. The monoisotopic (exact) mass is 356 g/mol. The van der Waals surface area contributed by atoms with E-state index in [1.54, 1.807) is 30.3 Å². The zero-order valence-electron chi connectivity index (χ0n) is 14.3. The summed E-state index contributed by atoms with van der Waals surface area (Å²) in [6, 6.07) is 12.6. The number of pyridine rings is 1. The van der Waals surface area contributed by atoms with Crippen LogP contribution in [-0.4, -0.2) is 43.9 Å². The number of sulfonamides is 1. The number of nitrogens with zero attached hydrogens (tertiary/aromatic N) is 4. The number of piperazine rings is 1. The van der Waals surface area contributed by atoms with Gasteiger partial charge in [-0.2, -0.15) is 9.57 Å². The summed E-state index contributed by atoms with van der Waals surface area (Å²) in [4.78, 5) is 6.82. The number of hydrogen-bond donors (Lipinski definition) is 0. The Labute approximate surface area is 148 Å². The average Bonchev–Trinajstić information content (AvgIpc) is 2.62. The first kappa shape index (κ1) is 17.4. The fourth-order valence-corrected chi connectivity index (χ4v) is 4.51. The van der Waals surface area contributed by atoms with Gasteiger partial charge in [0, 0.05) is 31.9 Å². The normalized spacial score (nSPS) is 15.8. The van der Waals surface area contributed by atoms with Crippen LogP contribution in [-0.2, 0) is 10.0 Å². The van der Waals surface area contributed by atoms with Crippen molar-refractivity contribution in [2.75, 3.05) is 31.1 Å². The Kier molecular flexibility index (Phi) is 4.75. The summed E-state index contributed by atoms with van der Waals surface area (Å²) in [7, 11) is -3.48. The van der Waals surface area contributed by atoms with Crippen molar-refractivity contribution in [2.24, 2.45) is 0 Å². The second kappa shape index (κ2) is 6.82. The van der Waals surface area contributed by atoms with E-state index >= 15 is 0 Å².